The van der Waals surface area contributed by atoms with Crippen molar-refractivity contribution in [1.82, 2.24) is 10.3 Å². The smallest absolute Gasteiger partial charge is 0.257 e. The molecular weight excluding hydrogens is 329 g/mol. The van der Waals surface area contributed by atoms with E-state index in [0.717, 1.165) is 56.2 Å². The van der Waals surface area contributed by atoms with E-state index in [1.165, 1.54) is 6.07 Å². The van der Waals surface area contributed by atoms with Crippen molar-refractivity contribution in [3.63, 3.8) is 0 Å². The van der Waals surface area contributed by atoms with Crippen LogP contribution in [-0.2, 0) is 0 Å². The van der Waals surface area contributed by atoms with Crippen molar-refractivity contribution in [2.24, 2.45) is 5.73 Å². The highest BCUT2D eigenvalue weighted by Crippen LogP contribution is 2.25. The van der Waals surface area contributed by atoms with Crippen LogP contribution in [-0.4, -0.2) is 40.6 Å². The highest BCUT2D eigenvalue weighted by molar-refractivity contribution is 7.99. The largest absolute Gasteiger partial charge is 0.474 e. The Balaban J connectivity index is 1.68. The molecule has 3 rings (SSSR count). The van der Waals surface area contributed by atoms with E-state index in [-0.39, 0.29) is 35.5 Å². The van der Waals surface area contributed by atoms with Crippen LogP contribution < -0.4 is 15.8 Å². The summed E-state index contributed by atoms with van der Waals surface area (Å²) >= 11 is 1.90. The maximum absolute atomic E-state index is 13.6. The fourth-order valence-corrected chi connectivity index (χ4v) is 4.22. The zero-order valence-electron chi connectivity index (χ0n) is 13.7. The number of nitrogens with zero attached hydrogens (tertiary/aromatic N) is 1. The second-order valence-corrected chi connectivity index (χ2v) is 7.75. The second-order valence-electron chi connectivity index (χ2n) is 6.52. The third-order valence-corrected chi connectivity index (χ3v) is 5.66. The van der Waals surface area contributed by atoms with Gasteiger partial charge in [-0.25, -0.2) is 9.37 Å². The lowest BCUT2D eigenvalue weighted by Gasteiger charge is -2.27. The molecule has 2 heterocycles. The Bertz CT molecular complexity index is 573. The summed E-state index contributed by atoms with van der Waals surface area (Å²) in [6, 6.07) is 1.51. The van der Waals surface area contributed by atoms with Crippen LogP contribution in [0, 0.1) is 5.82 Å². The Hall–Kier alpha value is -1.34. The number of halogens is 1. The Morgan fingerprint density at radius 3 is 2.67 bits per heavy atom. The minimum absolute atomic E-state index is 0.0449. The molecule has 0 bridgehead atoms. The van der Waals surface area contributed by atoms with Gasteiger partial charge in [-0.15, -0.1) is 0 Å². The molecule has 2 aliphatic rings. The molecule has 2 fully saturated rings. The van der Waals surface area contributed by atoms with Crippen LogP contribution in [0.1, 0.15) is 48.9 Å². The van der Waals surface area contributed by atoms with Crippen molar-refractivity contribution in [3.8, 4) is 5.88 Å². The van der Waals surface area contributed by atoms with E-state index in [1.807, 2.05) is 11.8 Å². The third kappa shape index (κ3) is 4.60. The van der Waals surface area contributed by atoms with Crippen molar-refractivity contribution in [1.29, 1.82) is 0 Å². The predicted molar refractivity (Wildman–Crippen MR) is 92.9 cm³/mol. The molecule has 1 aliphatic carbocycles. The van der Waals surface area contributed by atoms with Crippen LogP contribution in [0.15, 0.2) is 12.3 Å². The summed E-state index contributed by atoms with van der Waals surface area (Å²) in [5.74, 6) is 1.46. The summed E-state index contributed by atoms with van der Waals surface area (Å²) < 4.78 is 19.5. The van der Waals surface area contributed by atoms with E-state index in [4.69, 9.17) is 10.5 Å². The Morgan fingerprint density at radius 2 is 1.96 bits per heavy atom. The minimum atomic E-state index is -0.530. The lowest BCUT2D eigenvalue weighted by molar-refractivity contribution is 0.0915. The SMILES string of the molecule is NC1CCC(NC(=O)c2cc(F)cnc2OC2CCSCC2)CC1. The van der Waals surface area contributed by atoms with E-state index in [0.29, 0.717) is 0 Å². The molecule has 132 valence electrons. The van der Waals surface area contributed by atoms with E-state index in [1.54, 1.807) is 0 Å². The Kier molecular flexibility index (Phi) is 5.94. The molecular formula is C17H24FN3O2S. The number of carbonyl (C=O) groups excluding carboxylic acids is 1. The summed E-state index contributed by atoms with van der Waals surface area (Å²) in [5, 5.41) is 2.98. The topological polar surface area (TPSA) is 77.2 Å². The average Bonchev–Trinajstić information content (AvgIpc) is 2.59. The molecule has 1 amide bonds. The molecule has 0 unspecified atom stereocenters. The molecule has 0 spiro atoms. The van der Waals surface area contributed by atoms with Gasteiger partial charge in [0.2, 0.25) is 5.88 Å². The monoisotopic (exact) mass is 353 g/mol. The van der Waals surface area contributed by atoms with Gasteiger partial charge in [0, 0.05) is 12.1 Å². The molecule has 1 saturated heterocycles. The quantitative estimate of drug-likeness (QED) is 0.870. The maximum Gasteiger partial charge on any atom is 0.257 e. The van der Waals surface area contributed by atoms with E-state index < -0.39 is 5.82 Å². The second kappa shape index (κ2) is 8.16. The van der Waals surface area contributed by atoms with Gasteiger partial charge in [0.15, 0.2) is 0 Å². The van der Waals surface area contributed by atoms with Crippen molar-refractivity contribution in [2.45, 2.75) is 56.7 Å². The van der Waals surface area contributed by atoms with Gasteiger partial charge >= 0.3 is 0 Å². The minimum Gasteiger partial charge on any atom is -0.474 e. The Labute approximate surface area is 145 Å². The first-order valence-corrected chi connectivity index (χ1v) is 9.73. The van der Waals surface area contributed by atoms with Crippen LogP contribution in [0.25, 0.3) is 0 Å². The average molecular weight is 353 g/mol. The number of hydrogen-bond acceptors (Lipinski definition) is 5. The van der Waals surface area contributed by atoms with Gasteiger partial charge < -0.3 is 15.8 Å². The van der Waals surface area contributed by atoms with E-state index in [9.17, 15) is 9.18 Å². The molecule has 1 aromatic heterocycles. The normalized spacial score (nSPS) is 25.2. The van der Waals surface area contributed by atoms with Crippen molar-refractivity contribution >= 4 is 17.7 Å². The molecule has 24 heavy (non-hydrogen) atoms. The predicted octanol–water partition coefficient (Wildman–Crippen LogP) is 2.49. The molecule has 5 nitrogen and oxygen atoms in total. The highest BCUT2D eigenvalue weighted by atomic mass is 32.2. The summed E-state index contributed by atoms with van der Waals surface area (Å²) in [6.07, 6.45) is 6.49. The molecule has 7 heteroatoms. The van der Waals surface area contributed by atoms with Crippen molar-refractivity contribution in [2.75, 3.05) is 11.5 Å². The van der Waals surface area contributed by atoms with Gasteiger partial charge in [-0.05, 0) is 56.1 Å². The third-order valence-electron chi connectivity index (χ3n) is 4.62. The molecule has 1 aliphatic heterocycles. The number of nitrogens with two attached hydrogens (primary N) is 1. The van der Waals surface area contributed by atoms with Crippen LogP contribution in [0.3, 0.4) is 0 Å². The first-order chi connectivity index (χ1) is 11.6. The summed E-state index contributed by atoms with van der Waals surface area (Å²) in [7, 11) is 0. The molecule has 1 saturated carbocycles. The lowest BCUT2D eigenvalue weighted by Crippen LogP contribution is -2.40. The number of rotatable bonds is 4. The number of thioether (sulfide) groups is 1. The zero-order chi connectivity index (χ0) is 16.9. The number of nitrogens with one attached hydrogen (secondary N) is 1. The maximum atomic E-state index is 13.6. The van der Waals surface area contributed by atoms with Crippen LogP contribution >= 0.6 is 11.8 Å². The first kappa shape index (κ1) is 17.5. The number of ether oxygens (including phenoxy) is 1. The van der Waals surface area contributed by atoms with Gasteiger partial charge in [0.05, 0.1) is 6.20 Å². The molecule has 0 aromatic carbocycles. The van der Waals surface area contributed by atoms with Crippen LogP contribution in [0.4, 0.5) is 4.39 Å². The van der Waals surface area contributed by atoms with Gasteiger partial charge in [0.1, 0.15) is 17.5 Å². The van der Waals surface area contributed by atoms with E-state index >= 15 is 0 Å². The van der Waals surface area contributed by atoms with Gasteiger partial charge in [0.25, 0.3) is 5.91 Å². The van der Waals surface area contributed by atoms with Crippen LogP contribution in [0.2, 0.25) is 0 Å². The summed E-state index contributed by atoms with van der Waals surface area (Å²) in [5.41, 5.74) is 6.08. The molecule has 1 aromatic rings. The number of aromatic nitrogens is 1. The van der Waals surface area contributed by atoms with Gasteiger partial charge in [-0.1, -0.05) is 0 Å². The fraction of sp³-hybridized carbons (Fsp3) is 0.647. The number of pyridine rings is 1. The van der Waals surface area contributed by atoms with E-state index in [2.05, 4.69) is 10.3 Å². The summed E-state index contributed by atoms with van der Waals surface area (Å²) in [6.45, 7) is 0. The molecule has 0 atom stereocenters. The van der Waals surface area contributed by atoms with Crippen molar-refractivity contribution < 1.29 is 13.9 Å². The number of hydrogen-bond donors (Lipinski definition) is 2. The standard InChI is InChI=1S/C17H24FN3O2S/c18-11-9-15(16(22)21-13-3-1-12(19)2-4-13)17(20-10-11)23-14-5-7-24-8-6-14/h9-10,12-14H,1-8,19H2,(H,21,22). The molecule has 0 radical (unpaired) electrons. The zero-order valence-corrected chi connectivity index (χ0v) is 14.5. The molecule has 3 N–H and O–H groups in total. The first-order valence-electron chi connectivity index (χ1n) is 8.58. The Morgan fingerprint density at radius 1 is 1.25 bits per heavy atom. The fourth-order valence-electron chi connectivity index (χ4n) is 3.16. The van der Waals surface area contributed by atoms with Gasteiger partial charge in [-0.2, -0.15) is 11.8 Å². The van der Waals surface area contributed by atoms with Crippen molar-refractivity contribution in [3.05, 3.63) is 23.6 Å². The van der Waals surface area contributed by atoms with Crippen LogP contribution in [0.5, 0.6) is 5.88 Å². The summed E-state index contributed by atoms with van der Waals surface area (Å²) in [4.78, 5) is 16.6. The number of amides is 1. The number of carbonyl (C=O) groups is 1. The van der Waals surface area contributed by atoms with Gasteiger partial charge in [-0.3, -0.25) is 4.79 Å². The lowest BCUT2D eigenvalue weighted by atomic mass is 9.91. The highest BCUT2D eigenvalue weighted by Gasteiger charge is 2.24.